The Morgan fingerprint density at radius 2 is 2.16 bits per heavy atom. The van der Waals surface area contributed by atoms with Gasteiger partial charge in [0.15, 0.2) is 0 Å². The summed E-state index contributed by atoms with van der Waals surface area (Å²) in [6, 6.07) is 11.0. The number of nitrogens with one attached hydrogen (secondary N) is 1. The van der Waals surface area contributed by atoms with E-state index in [4.69, 9.17) is 0 Å². The summed E-state index contributed by atoms with van der Waals surface area (Å²) in [6.45, 7) is 2.23. The van der Waals surface area contributed by atoms with E-state index in [9.17, 15) is 14.4 Å². The Labute approximate surface area is 188 Å². The maximum Gasteiger partial charge on any atom is 0.225 e. The highest BCUT2D eigenvalue weighted by molar-refractivity contribution is 5.93. The van der Waals surface area contributed by atoms with Crippen LogP contribution in [0.2, 0.25) is 0 Å². The molecule has 0 aliphatic heterocycles. The van der Waals surface area contributed by atoms with Crippen LogP contribution in [0.4, 0.5) is 10.2 Å². The minimum absolute atomic E-state index is 0.0387. The van der Waals surface area contributed by atoms with E-state index in [1.807, 2.05) is 18.2 Å². The van der Waals surface area contributed by atoms with Gasteiger partial charge in [0.2, 0.25) is 5.91 Å². The number of carbonyl (C=O) groups is 1. The van der Waals surface area contributed by atoms with E-state index < -0.39 is 0 Å². The van der Waals surface area contributed by atoms with Crippen LogP contribution < -0.4 is 5.32 Å². The number of hydrogen-bond donors (Lipinski definition) is 2. The Bertz CT molecular complexity index is 1040. The van der Waals surface area contributed by atoms with Crippen LogP contribution in [0.3, 0.4) is 0 Å². The molecule has 2 saturated carbocycles. The number of anilines is 1. The monoisotopic (exact) mass is 435 g/mol. The molecule has 32 heavy (non-hydrogen) atoms. The SMILES string of the molecule is C[C@]12CCC3c4cccc(F)c4CCC3C1[C@H](CCC(=O)Nc1ccccn1)C/C2=N\O. The Morgan fingerprint density at radius 1 is 1.28 bits per heavy atom. The van der Waals surface area contributed by atoms with Gasteiger partial charge in [-0.15, -0.1) is 0 Å². The van der Waals surface area contributed by atoms with Gasteiger partial charge < -0.3 is 10.5 Å². The van der Waals surface area contributed by atoms with Crippen molar-refractivity contribution < 1.29 is 14.4 Å². The molecule has 0 bridgehead atoms. The number of halogens is 1. The smallest absolute Gasteiger partial charge is 0.225 e. The molecule has 2 aromatic rings. The van der Waals surface area contributed by atoms with Crippen molar-refractivity contribution in [1.82, 2.24) is 4.98 Å². The van der Waals surface area contributed by atoms with Crippen molar-refractivity contribution in [2.24, 2.45) is 28.3 Å². The van der Waals surface area contributed by atoms with Crippen molar-refractivity contribution in [3.05, 3.63) is 59.5 Å². The molecule has 5 rings (SSSR count). The van der Waals surface area contributed by atoms with Crippen LogP contribution in [0, 0.1) is 29.0 Å². The number of benzene rings is 1. The highest BCUT2D eigenvalue weighted by atomic mass is 19.1. The second-order valence-electron chi connectivity index (χ2n) is 9.91. The van der Waals surface area contributed by atoms with Crippen molar-refractivity contribution in [3.8, 4) is 0 Å². The predicted octanol–water partition coefficient (Wildman–Crippen LogP) is 5.55. The Balaban J connectivity index is 1.37. The lowest BCUT2D eigenvalue weighted by atomic mass is 9.54. The fourth-order valence-corrected chi connectivity index (χ4v) is 7.03. The van der Waals surface area contributed by atoms with Gasteiger partial charge in [-0.2, -0.15) is 0 Å². The van der Waals surface area contributed by atoms with E-state index in [0.717, 1.165) is 49.8 Å². The Hall–Kier alpha value is -2.76. The fraction of sp³-hybridized carbons (Fsp3) is 0.500. The van der Waals surface area contributed by atoms with E-state index >= 15 is 0 Å². The lowest BCUT2D eigenvalue weighted by Gasteiger charge is -2.50. The minimum Gasteiger partial charge on any atom is -0.411 e. The molecule has 5 atom stereocenters. The maximum absolute atomic E-state index is 14.5. The van der Waals surface area contributed by atoms with E-state index in [1.165, 1.54) is 5.56 Å². The average Bonchev–Trinajstić information content (AvgIpc) is 3.10. The van der Waals surface area contributed by atoms with Gasteiger partial charge in [0, 0.05) is 18.0 Å². The Morgan fingerprint density at radius 3 is 2.94 bits per heavy atom. The molecule has 168 valence electrons. The number of nitrogens with zero attached hydrogens (tertiary/aromatic N) is 2. The highest BCUT2D eigenvalue weighted by Gasteiger charge is 2.57. The third-order valence-corrected chi connectivity index (χ3v) is 8.39. The van der Waals surface area contributed by atoms with Gasteiger partial charge in [-0.1, -0.05) is 30.3 Å². The average molecular weight is 436 g/mol. The largest absolute Gasteiger partial charge is 0.411 e. The second kappa shape index (κ2) is 8.30. The molecule has 3 aliphatic rings. The summed E-state index contributed by atoms with van der Waals surface area (Å²) >= 11 is 0. The van der Waals surface area contributed by atoms with Crippen molar-refractivity contribution in [2.45, 2.75) is 57.8 Å². The van der Waals surface area contributed by atoms with Gasteiger partial charge in [0.25, 0.3) is 0 Å². The number of rotatable bonds is 4. The first-order valence-electron chi connectivity index (χ1n) is 11.7. The minimum atomic E-state index is -0.150. The van der Waals surface area contributed by atoms with Crippen molar-refractivity contribution >= 4 is 17.4 Å². The summed E-state index contributed by atoms with van der Waals surface area (Å²) < 4.78 is 14.5. The predicted molar refractivity (Wildman–Crippen MR) is 121 cm³/mol. The molecule has 3 unspecified atom stereocenters. The third-order valence-electron chi connectivity index (χ3n) is 8.39. The zero-order chi connectivity index (χ0) is 22.3. The van der Waals surface area contributed by atoms with E-state index in [0.29, 0.717) is 30.0 Å². The van der Waals surface area contributed by atoms with Gasteiger partial charge in [-0.3, -0.25) is 4.79 Å². The molecule has 1 aromatic carbocycles. The molecule has 1 heterocycles. The summed E-state index contributed by atoms with van der Waals surface area (Å²) in [5.74, 6) is 1.83. The van der Waals surface area contributed by atoms with Crippen LogP contribution in [0.1, 0.15) is 62.5 Å². The highest BCUT2D eigenvalue weighted by Crippen LogP contribution is 2.62. The molecular formula is C26H30FN3O2. The first kappa shape index (κ1) is 21.1. The molecule has 0 spiro atoms. The number of aromatic nitrogens is 1. The van der Waals surface area contributed by atoms with Crippen LogP contribution in [0.5, 0.6) is 0 Å². The summed E-state index contributed by atoms with van der Waals surface area (Å²) in [6.07, 6.45) is 7.18. The number of amides is 1. The van der Waals surface area contributed by atoms with Gasteiger partial charge in [0.05, 0.1) is 5.71 Å². The quantitative estimate of drug-likeness (QED) is 0.488. The normalized spacial score (nSPS) is 32.1. The Kier molecular flexibility index (Phi) is 5.48. The van der Waals surface area contributed by atoms with Crippen molar-refractivity contribution in [3.63, 3.8) is 0 Å². The number of hydrogen-bond acceptors (Lipinski definition) is 4. The molecule has 3 aliphatic carbocycles. The van der Waals surface area contributed by atoms with Crippen LogP contribution >= 0.6 is 0 Å². The fourth-order valence-electron chi connectivity index (χ4n) is 7.03. The molecule has 2 fully saturated rings. The first-order valence-corrected chi connectivity index (χ1v) is 11.7. The van der Waals surface area contributed by atoms with Crippen LogP contribution in [-0.4, -0.2) is 21.8 Å². The molecule has 2 N–H and O–H groups in total. The summed E-state index contributed by atoms with van der Waals surface area (Å²) in [5, 5.41) is 16.4. The summed E-state index contributed by atoms with van der Waals surface area (Å²) in [7, 11) is 0. The van der Waals surface area contributed by atoms with Crippen LogP contribution in [0.15, 0.2) is 47.8 Å². The van der Waals surface area contributed by atoms with E-state index in [-0.39, 0.29) is 23.1 Å². The zero-order valence-electron chi connectivity index (χ0n) is 18.4. The lowest BCUT2D eigenvalue weighted by molar-refractivity contribution is -0.116. The molecule has 5 nitrogen and oxygen atoms in total. The number of fused-ring (bicyclic) bond motifs is 5. The third kappa shape index (κ3) is 3.50. The molecule has 1 amide bonds. The number of carbonyl (C=O) groups excluding carboxylic acids is 1. The molecule has 1 aromatic heterocycles. The van der Waals surface area contributed by atoms with Crippen molar-refractivity contribution in [1.29, 1.82) is 0 Å². The number of oxime groups is 1. The second-order valence-corrected chi connectivity index (χ2v) is 9.91. The van der Waals surface area contributed by atoms with E-state index in [1.54, 1.807) is 18.3 Å². The lowest BCUT2D eigenvalue weighted by Crippen LogP contribution is -2.44. The molecule has 0 radical (unpaired) electrons. The topological polar surface area (TPSA) is 74.6 Å². The standard InChI is InChI=1S/C26H30FN3O2/c1-26-13-12-18-17-5-4-6-21(27)19(17)9-10-20(18)25(26)16(15-22(26)30-32)8-11-24(31)29-23-7-2-3-14-28-23/h2-7,14,16,18,20,25,32H,8-13,15H2,1H3,(H,28,29,31)/b30-22+/t16-,18?,20?,25?,26-/m1/s1. The van der Waals surface area contributed by atoms with Crippen LogP contribution in [-0.2, 0) is 11.2 Å². The van der Waals surface area contributed by atoms with Gasteiger partial charge in [-0.25, -0.2) is 9.37 Å². The van der Waals surface area contributed by atoms with Gasteiger partial charge >= 0.3 is 0 Å². The summed E-state index contributed by atoms with van der Waals surface area (Å²) in [5.41, 5.74) is 2.78. The number of pyridine rings is 1. The molecular weight excluding hydrogens is 405 g/mol. The molecule has 6 heteroatoms. The van der Waals surface area contributed by atoms with Crippen LogP contribution in [0.25, 0.3) is 0 Å². The zero-order valence-corrected chi connectivity index (χ0v) is 18.4. The summed E-state index contributed by atoms with van der Waals surface area (Å²) in [4.78, 5) is 16.7. The van der Waals surface area contributed by atoms with Crippen molar-refractivity contribution in [2.75, 3.05) is 5.32 Å². The molecule has 0 saturated heterocycles. The first-order chi connectivity index (χ1) is 15.5. The maximum atomic E-state index is 14.5. The van der Waals surface area contributed by atoms with Gasteiger partial charge in [0.1, 0.15) is 11.6 Å². The van der Waals surface area contributed by atoms with Gasteiger partial charge in [-0.05, 0) is 91.5 Å². The van der Waals surface area contributed by atoms with E-state index in [2.05, 4.69) is 28.4 Å².